The number of fused-ring (bicyclic) bond motifs is 1. The van der Waals surface area contributed by atoms with Crippen molar-refractivity contribution in [3.05, 3.63) is 53.6 Å². The van der Waals surface area contributed by atoms with Crippen molar-refractivity contribution in [1.82, 2.24) is 5.32 Å². The first-order chi connectivity index (χ1) is 15.1. The summed E-state index contributed by atoms with van der Waals surface area (Å²) in [6.07, 6.45) is 1.93. The third-order valence-electron chi connectivity index (χ3n) is 5.09. The van der Waals surface area contributed by atoms with Gasteiger partial charge in [0.2, 0.25) is 5.55 Å². The van der Waals surface area contributed by atoms with Crippen molar-refractivity contribution in [3.63, 3.8) is 0 Å². The van der Waals surface area contributed by atoms with Gasteiger partial charge >= 0.3 is 0 Å². The van der Waals surface area contributed by atoms with E-state index in [-0.39, 0.29) is 28.9 Å². The van der Waals surface area contributed by atoms with Crippen LogP contribution in [0, 0.1) is 0 Å². The van der Waals surface area contributed by atoms with Crippen LogP contribution in [-0.4, -0.2) is 44.5 Å². The Morgan fingerprint density at radius 1 is 1.16 bits per heavy atom. The van der Waals surface area contributed by atoms with Crippen molar-refractivity contribution < 1.29 is 28.5 Å². The van der Waals surface area contributed by atoms with Crippen LogP contribution >= 0.6 is 0 Å². The van der Waals surface area contributed by atoms with Crippen LogP contribution in [0.1, 0.15) is 23.2 Å². The van der Waals surface area contributed by atoms with E-state index in [0.29, 0.717) is 34.7 Å². The molecule has 162 valence electrons. The molecule has 1 aliphatic heterocycles. The SMILES string of the molecule is COc1ccc(N=c2oc3cc(O)ccc3cc2C(=O)NCC2CCCO2)cc1OC. The first kappa shape index (κ1) is 20.7. The second-order valence-corrected chi connectivity index (χ2v) is 7.18. The first-order valence-corrected chi connectivity index (χ1v) is 10.0. The Labute approximate surface area is 179 Å². The van der Waals surface area contributed by atoms with Gasteiger partial charge in [0.15, 0.2) is 11.5 Å². The first-order valence-electron chi connectivity index (χ1n) is 10.0. The molecule has 2 N–H and O–H groups in total. The number of aromatic hydroxyl groups is 1. The second kappa shape index (κ2) is 9.09. The van der Waals surface area contributed by atoms with Gasteiger partial charge in [-0.15, -0.1) is 0 Å². The van der Waals surface area contributed by atoms with E-state index in [1.165, 1.54) is 19.2 Å². The molecular weight excluding hydrogens is 400 g/mol. The predicted octanol–water partition coefficient (Wildman–Crippen LogP) is 3.30. The third kappa shape index (κ3) is 4.64. The molecule has 3 aromatic rings. The maximum atomic E-state index is 13.0. The van der Waals surface area contributed by atoms with Crippen LogP contribution in [-0.2, 0) is 4.74 Å². The number of carbonyl (C=O) groups excluding carboxylic acids is 1. The van der Waals surface area contributed by atoms with Gasteiger partial charge in [-0.05, 0) is 43.2 Å². The molecule has 0 saturated carbocycles. The Morgan fingerprint density at radius 3 is 2.74 bits per heavy atom. The molecule has 2 aromatic carbocycles. The lowest BCUT2D eigenvalue weighted by Gasteiger charge is -2.11. The zero-order valence-corrected chi connectivity index (χ0v) is 17.4. The van der Waals surface area contributed by atoms with Crippen LogP contribution < -0.4 is 20.3 Å². The molecule has 2 heterocycles. The van der Waals surface area contributed by atoms with E-state index in [9.17, 15) is 9.90 Å². The van der Waals surface area contributed by atoms with Gasteiger partial charge < -0.3 is 29.1 Å². The molecule has 4 rings (SSSR count). The van der Waals surface area contributed by atoms with E-state index in [0.717, 1.165) is 19.4 Å². The summed E-state index contributed by atoms with van der Waals surface area (Å²) in [7, 11) is 3.09. The van der Waals surface area contributed by atoms with Crippen LogP contribution in [0.25, 0.3) is 11.0 Å². The lowest BCUT2D eigenvalue weighted by atomic mass is 10.1. The highest BCUT2D eigenvalue weighted by atomic mass is 16.5. The van der Waals surface area contributed by atoms with Crippen LogP contribution in [0.5, 0.6) is 17.2 Å². The summed E-state index contributed by atoms with van der Waals surface area (Å²) in [4.78, 5) is 17.5. The zero-order chi connectivity index (χ0) is 21.8. The molecule has 1 aliphatic rings. The van der Waals surface area contributed by atoms with Crippen molar-refractivity contribution in [2.75, 3.05) is 27.4 Å². The minimum absolute atomic E-state index is 0.0181. The lowest BCUT2D eigenvalue weighted by Crippen LogP contribution is -2.34. The Balaban J connectivity index is 1.76. The highest BCUT2D eigenvalue weighted by molar-refractivity contribution is 5.96. The summed E-state index contributed by atoms with van der Waals surface area (Å²) in [6.45, 7) is 1.14. The highest BCUT2D eigenvalue weighted by Gasteiger charge is 2.19. The summed E-state index contributed by atoms with van der Waals surface area (Å²) < 4.78 is 22.1. The fourth-order valence-corrected chi connectivity index (χ4v) is 3.47. The number of methoxy groups -OCH3 is 2. The van der Waals surface area contributed by atoms with E-state index in [4.69, 9.17) is 18.6 Å². The average molecular weight is 424 g/mol. The topological polar surface area (TPSA) is 103 Å². The summed E-state index contributed by atoms with van der Waals surface area (Å²) in [6, 6.07) is 11.6. The minimum Gasteiger partial charge on any atom is -0.508 e. The van der Waals surface area contributed by atoms with E-state index in [2.05, 4.69) is 10.3 Å². The average Bonchev–Trinajstić information content (AvgIpc) is 3.30. The van der Waals surface area contributed by atoms with Gasteiger partial charge in [-0.1, -0.05) is 0 Å². The van der Waals surface area contributed by atoms with Crippen LogP contribution in [0.3, 0.4) is 0 Å². The van der Waals surface area contributed by atoms with Gasteiger partial charge in [0.1, 0.15) is 16.9 Å². The Kier molecular flexibility index (Phi) is 6.08. The summed E-state index contributed by atoms with van der Waals surface area (Å²) in [5.74, 6) is 0.820. The van der Waals surface area contributed by atoms with E-state index in [1.54, 1.807) is 37.4 Å². The number of amides is 1. The molecule has 1 aromatic heterocycles. The van der Waals surface area contributed by atoms with Gasteiger partial charge in [0, 0.05) is 30.7 Å². The number of ether oxygens (including phenoxy) is 3. The molecule has 1 atom stereocenters. The fourth-order valence-electron chi connectivity index (χ4n) is 3.47. The highest BCUT2D eigenvalue weighted by Crippen LogP contribution is 2.31. The molecule has 0 spiro atoms. The molecule has 1 unspecified atom stereocenters. The van der Waals surface area contributed by atoms with E-state index < -0.39 is 0 Å². The van der Waals surface area contributed by atoms with Gasteiger partial charge in [0.05, 0.1) is 26.0 Å². The molecule has 31 heavy (non-hydrogen) atoms. The quantitative estimate of drug-likeness (QED) is 0.630. The van der Waals surface area contributed by atoms with Crippen molar-refractivity contribution >= 4 is 22.6 Å². The van der Waals surface area contributed by atoms with Crippen molar-refractivity contribution in [2.24, 2.45) is 4.99 Å². The number of nitrogens with one attached hydrogen (secondary N) is 1. The monoisotopic (exact) mass is 424 g/mol. The molecule has 1 fully saturated rings. The zero-order valence-electron chi connectivity index (χ0n) is 17.4. The number of nitrogens with zero attached hydrogens (tertiary/aromatic N) is 1. The molecule has 0 bridgehead atoms. The molecular formula is C23H24N2O6. The second-order valence-electron chi connectivity index (χ2n) is 7.18. The van der Waals surface area contributed by atoms with Gasteiger partial charge in [-0.25, -0.2) is 4.99 Å². The Morgan fingerprint density at radius 2 is 2.00 bits per heavy atom. The lowest BCUT2D eigenvalue weighted by molar-refractivity contribution is 0.0854. The Hall–Kier alpha value is -3.52. The summed E-state index contributed by atoms with van der Waals surface area (Å²) in [5, 5.41) is 13.4. The molecule has 8 nitrogen and oxygen atoms in total. The van der Waals surface area contributed by atoms with Crippen molar-refractivity contribution in [2.45, 2.75) is 18.9 Å². The van der Waals surface area contributed by atoms with E-state index >= 15 is 0 Å². The number of phenols is 1. The maximum Gasteiger partial charge on any atom is 0.256 e. The molecule has 1 saturated heterocycles. The molecule has 0 radical (unpaired) electrons. The summed E-state index contributed by atoms with van der Waals surface area (Å²) >= 11 is 0. The third-order valence-corrected chi connectivity index (χ3v) is 5.09. The number of hydrogen-bond acceptors (Lipinski definition) is 7. The van der Waals surface area contributed by atoms with Gasteiger partial charge in [-0.2, -0.15) is 0 Å². The van der Waals surface area contributed by atoms with Crippen LogP contribution in [0.4, 0.5) is 5.69 Å². The largest absolute Gasteiger partial charge is 0.508 e. The molecule has 1 amide bonds. The van der Waals surface area contributed by atoms with Crippen molar-refractivity contribution in [1.29, 1.82) is 0 Å². The molecule has 0 aliphatic carbocycles. The smallest absolute Gasteiger partial charge is 0.256 e. The van der Waals surface area contributed by atoms with E-state index in [1.807, 2.05) is 0 Å². The summed E-state index contributed by atoms with van der Waals surface area (Å²) in [5.41, 5.74) is 1.34. The number of hydrogen-bond donors (Lipinski definition) is 2. The number of rotatable bonds is 6. The number of carbonyl (C=O) groups is 1. The normalized spacial score (nSPS) is 16.5. The van der Waals surface area contributed by atoms with Crippen molar-refractivity contribution in [3.8, 4) is 17.2 Å². The molecule has 8 heteroatoms. The Bertz CT molecular complexity index is 1160. The van der Waals surface area contributed by atoms with Gasteiger partial charge in [0.25, 0.3) is 5.91 Å². The van der Waals surface area contributed by atoms with Crippen LogP contribution in [0.15, 0.2) is 51.9 Å². The van der Waals surface area contributed by atoms with Crippen LogP contribution in [0.2, 0.25) is 0 Å². The predicted molar refractivity (Wildman–Crippen MR) is 114 cm³/mol. The van der Waals surface area contributed by atoms with Gasteiger partial charge in [-0.3, -0.25) is 4.79 Å². The fraction of sp³-hybridized carbons (Fsp3) is 0.304. The maximum absolute atomic E-state index is 13.0. The minimum atomic E-state index is -0.312. The number of benzene rings is 2. The standard InChI is InChI=1S/C23H24N2O6/c1-28-19-8-6-15(11-21(19)29-2)25-23-18(22(27)24-13-17-4-3-9-30-17)10-14-5-7-16(26)12-20(14)31-23/h5-8,10-12,17,26H,3-4,9,13H2,1-2H3,(H,24,27). The number of phenolic OH excluding ortho intramolecular Hbond substituents is 1.